The Morgan fingerprint density at radius 1 is 1.00 bits per heavy atom. The van der Waals surface area contributed by atoms with Crippen molar-refractivity contribution in [1.29, 1.82) is 0 Å². The number of hydrogen-bond acceptors (Lipinski definition) is 2. The van der Waals surface area contributed by atoms with Crippen molar-refractivity contribution in [2.45, 2.75) is 12.8 Å². The van der Waals surface area contributed by atoms with Crippen molar-refractivity contribution < 1.29 is 13.6 Å². The highest BCUT2D eigenvalue weighted by molar-refractivity contribution is 6.30. The van der Waals surface area contributed by atoms with Gasteiger partial charge in [-0.2, -0.15) is 0 Å². The first-order valence-corrected chi connectivity index (χ1v) is 7.63. The summed E-state index contributed by atoms with van der Waals surface area (Å²) < 4.78 is 26.8. The molecular formula is C17H17ClF2N2O. The molecule has 2 N–H and O–H groups in total. The summed E-state index contributed by atoms with van der Waals surface area (Å²) in [6, 6.07) is 11.0. The Labute approximate surface area is 138 Å². The van der Waals surface area contributed by atoms with Crippen LogP contribution in [0.25, 0.3) is 0 Å². The van der Waals surface area contributed by atoms with E-state index in [0.29, 0.717) is 18.1 Å². The van der Waals surface area contributed by atoms with Crippen molar-refractivity contribution in [2.24, 2.45) is 0 Å². The number of hydrogen-bond donors (Lipinski definition) is 2. The fourth-order valence-corrected chi connectivity index (χ4v) is 2.16. The Kier molecular flexibility index (Phi) is 6.50. The highest BCUT2D eigenvalue weighted by atomic mass is 35.5. The van der Waals surface area contributed by atoms with Gasteiger partial charge in [0.15, 0.2) is 0 Å². The molecule has 0 radical (unpaired) electrons. The maximum absolute atomic E-state index is 13.4. The molecule has 1 amide bonds. The minimum Gasteiger partial charge on any atom is -0.321 e. The third-order valence-electron chi connectivity index (χ3n) is 3.26. The van der Waals surface area contributed by atoms with Crippen LogP contribution in [-0.4, -0.2) is 19.0 Å². The van der Waals surface area contributed by atoms with Crippen molar-refractivity contribution >= 4 is 23.2 Å². The van der Waals surface area contributed by atoms with Crippen LogP contribution in [0.3, 0.4) is 0 Å². The van der Waals surface area contributed by atoms with E-state index in [-0.39, 0.29) is 6.42 Å². The molecule has 0 fully saturated rings. The second-order valence-corrected chi connectivity index (χ2v) is 5.46. The zero-order chi connectivity index (χ0) is 16.7. The largest absolute Gasteiger partial charge is 0.321 e. The zero-order valence-electron chi connectivity index (χ0n) is 12.4. The van der Waals surface area contributed by atoms with Crippen molar-refractivity contribution in [3.05, 3.63) is 64.7 Å². The number of amides is 1. The number of carbonyl (C=O) groups is 1. The van der Waals surface area contributed by atoms with Crippen LogP contribution in [0.4, 0.5) is 14.5 Å². The highest BCUT2D eigenvalue weighted by Gasteiger charge is 2.11. The molecule has 0 spiro atoms. The predicted molar refractivity (Wildman–Crippen MR) is 87.6 cm³/mol. The molecule has 0 aliphatic heterocycles. The molecule has 0 aliphatic carbocycles. The second-order valence-electron chi connectivity index (χ2n) is 5.02. The Bertz CT molecular complexity index is 642. The van der Waals surface area contributed by atoms with Gasteiger partial charge in [0, 0.05) is 18.0 Å². The van der Waals surface area contributed by atoms with Crippen molar-refractivity contribution in [1.82, 2.24) is 5.32 Å². The molecule has 0 unspecified atom stereocenters. The predicted octanol–water partition coefficient (Wildman–Crippen LogP) is 3.78. The first-order valence-electron chi connectivity index (χ1n) is 7.25. The van der Waals surface area contributed by atoms with E-state index in [1.54, 1.807) is 0 Å². The van der Waals surface area contributed by atoms with Crippen LogP contribution in [0.1, 0.15) is 12.0 Å². The van der Waals surface area contributed by atoms with E-state index >= 15 is 0 Å². The van der Waals surface area contributed by atoms with Crippen molar-refractivity contribution in [3.8, 4) is 0 Å². The molecule has 0 aliphatic rings. The number of benzene rings is 2. The van der Waals surface area contributed by atoms with E-state index in [0.717, 1.165) is 24.1 Å². The molecular weight excluding hydrogens is 322 g/mol. The van der Waals surface area contributed by atoms with Gasteiger partial charge in [0.05, 0.1) is 0 Å². The van der Waals surface area contributed by atoms with Crippen molar-refractivity contribution in [2.75, 3.05) is 18.4 Å². The van der Waals surface area contributed by atoms with Gasteiger partial charge in [0.25, 0.3) is 0 Å². The van der Waals surface area contributed by atoms with Gasteiger partial charge in [-0.25, -0.2) is 8.78 Å². The molecule has 6 heteroatoms. The van der Waals surface area contributed by atoms with Crippen molar-refractivity contribution in [3.63, 3.8) is 0 Å². The van der Waals surface area contributed by atoms with Gasteiger partial charge in [-0.3, -0.25) is 4.79 Å². The van der Waals surface area contributed by atoms with Crippen LogP contribution < -0.4 is 10.6 Å². The number of carbonyl (C=O) groups excluding carboxylic acids is 1. The summed E-state index contributed by atoms with van der Waals surface area (Å²) in [7, 11) is 0. The Balaban J connectivity index is 1.68. The molecule has 2 aromatic rings. The van der Waals surface area contributed by atoms with Crippen LogP contribution in [0.15, 0.2) is 42.5 Å². The van der Waals surface area contributed by atoms with E-state index < -0.39 is 23.2 Å². The minimum atomic E-state index is -0.783. The Morgan fingerprint density at radius 3 is 2.30 bits per heavy atom. The number of rotatable bonds is 7. The summed E-state index contributed by atoms with van der Waals surface area (Å²) >= 11 is 5.81. The maximum atomic E-state index is 13.4. The van der Waals surface area contributed by atoms with Gasteiger partial charge in [-0.1, -0.05) is 29.8 Å². The fraction of sp³-hybridized carbons (Fsp3) is 0.235. The third kappa shape index (κ3) is 5.62. The average Bonchev–Trinajstić information content (AvgIpc) is 2.52. The second kappa shape index (κ2) is 8.60. The van der Waals surface area contributed by atoms with Gasteiger partial charge in [-0.05, 0) is 42.8 Å². The minimum absolute atomic E-state index is 0.133. The molecule has 122 valence electrons. The summed E-state index contributed by atoms with van der Waals surface area (Å²) in [5.74, 6) is -2.00. The SMILES string of the molecule is O=C(CCNCCc1ccc(Cl)cc1)Nc1c(F)cccc1F. The van der Waals surface area contributed by atoms with E-state index in [1.807, 2.05) is 24.3 Å². The van der Waals surface area contributed by atoms with Crippen LogP contribution in [0, 0.1) is 11.6 Å². The molecule has 3 nitrogen and oxygen atoms in total. The molecule has 0 heterocycles. The highest BCUT2D eigenvalue weighted by Crippen LogP contribution is 2.17. The van der Waals surface area contributed by atoms with E-state index in [9.17, 15) is 13.6 Å². The van der Waals surface area contributed by atoms with E-state index in [1.165, 1.54) is 6.07 Å². The number of halogens is 3. The summed E-state index contributed by atoms with van der Waals surface area (Å²) in [5.41, 5.74) is 0.735. The standard InChI is InChI=1S/C17H17ClF2N2O/c18-13-6-4-12(5-7-13)8-10-21-11-9-16(23)22-17-14(19)2-1-3-15(17)20/h1-7,21H,8-11H2,(H,22,23). The normalized spacial score (nSPS) is 10.6. The van der Waals surface area contributed by atoms with E-state index in [4.69, 9.17) is 11.6 Å². The summed E-state index contributed by atoms with van der Waals surface area (Å²) in [6.07, 6.45) is 0.940. The van der Waals surface area contributed by atoms with Crippen LogP contribution >= 0.6 is 11.6 Å². The lowest BCUT2D eigenvalue weighted by Crippen LogP contribution is -2.24. The molecule has 0 saturated carbocycles. The number of nitrogens with one attached hydrogen (secondary N) is 2. The summed E-state index contributed by atoms with van der Waals surface area (Å²) in [4.78, 5) is 11.7. The lowest BCUT2D eigenvalue weighted by Gasteiger charge is -2.08. The maximum Gasteiger partial charge on any atom is 0.225 e. The number of anilines is 1. The average molecular weight is 339 g/mol. The monoisotopic (exact) mass is 338 g/mol. The lowest BCUT2D eigenvalue weighted by atomic mass is 10.1. The molecule has 2 rings (SSSR count). The Morgan fingerprint density at radius 2 is 1.65 bits per heavy atom. The molecule has 0 bridgehead atoms. The van der Waals surface area contributed by atoms with E-state index in [2.05, 4.69) is 10.6 Å². The zero-order valence-corrected chi connectivity index (χ0v) is 13.2. The molecule has 0 aromatic heterocycles. The molecule has 23 heavy (non-hydrogen) atoms. The lowest BCUT2D eigenvalue weighted by molar-refractivity contribution is -0.116. The number of para-hydroxylation sites is 1. The smallest absolute Gasteiger partial charge is 0.225 e. The van der Waals surface area contributed by atoms with Crippen LogP contribution in [-0.2, 0) is 11.2 Å². The topological polar surface area (TPSA) is 41.1 Å². The van der Waals surface area contributed by atoms with Gasteiger partial charge in [-0.15, -0.1) is 0 Å². The quantitative estimate of drug-likeness (QED) is 0.754. The first kappa shape index (κ1) is 17.4. The first-order chi connectivity index (χ1) is 11.1. The fourth-order valence-electron chi connectivity index (χ4n) is 2.03. The third-order valence-corrected chi connectivity index (χ3v) is 3.51. The van der Waals surface area contributed by atoms with Gasteiger partial charge in [0.1, 0.15) is 17.3 Å². The summed E-state index contributed by atoms with van der Waals surface area (Å²) in [6.45, 7) is 1.12. The molecule has 0 atom stereocenters. The molecule has 2 aromatic carbocycles. The van der Waals surface area contributed by atoms with Gasteiger partial charge < -0.3 is 10.6 Å². The Hall–Kier alpha value is -1.98. The van der Waals surface area contributed by atoms with Crippen LogP contribution in [0.2, 0.25) is 5.02 Å². The van der Waals surface area contributed by atoms with Gasteiger partial charge >= 0.3 is 0 Å². The molecule has 0 saturated heterocycles. The van der Waals surface area contributed by atoms with Crippen LogP contribution in [0.5, 0.6) is 0 Å². The van der Waals surface area contributed by atoms with Gasteiger partial charge in [0.2, 0.25) is 5.91 Å². The summed E-state index contributed by atoms with van der Waals surface area (Å²) in [5, 5.41) is 6.06.